The summed E-state index contributed by atoms with van der Waals surface area (Å²) in [5, 5.41) is 0. The molecule has 0 aliphatic carbocycles. The van der Waals surface area contributed by atoms with Gasteiger partial charge in [0.25, 0.3) is 0 Å². The zero-order valence-corrected chi connectivity index (χ0v) is 9.08. The fourth-order valence-corrected chi connectivity index (χ4v) is 1.16. The first-order valence-corrected chi connectivity index (χ1v) is 4.72. The molecule has 2 nitrogen and oxygen atoms in total. The molecule has 0 aromatic rings. The Morgan fingerprint density at radius 1 is 1.43 bits per heavy atom. The van der Waals surface area contributed by atoms with Crippen molar-refractivity contribution in [2.75, 3.05) is 13.1 Å². The summed E-state index contributed by atoms with van der Waals surface area (Å²) in [7, 11) is 0. The van der Waals surface area contributed by atoms with Gasteiger partial charge in [0.15, 0.2) is 0 Å². The number of hydrogen-bond acceptors (Lipinski definition) is 2. The van der Waals surface area contributed by atoms with E-state index in [9.17, 15) is 13.2 Å². The first-order chi connectivity index (χ1) is 6.22. The number of nitrogens with zero attached hydrogens (tertiary/aromatic N) is 1. The van der Waals surface area contributed by atoms with Crippen LogP contribution >= 0.6 is 12.2 Å². The van der Waals surface area contributed by atoms with Crippen molar-refractivity contribution in [3.05, 3.63) is 0 Å². The van der Waals surface area contributed by atoms with Crippen LogP contribution in [0.3, 0.4) is 0 Å². The molecule has 0 saturated carbocycles. The van der Waals surface area contributed by atoms with Crippen LogP contribution in [-0.4, -0.2) is 35.2 Å². The van der Waals surface area contributed by atoms with Crippen LogP contribution in [0.25, 0.3) is 0 Å². The average Bonchev–Trinajstić information content (AvgIpc) is 1.94. The number of rotatable bonds is 5. The van der Waals surface area contributed by atoms with Gasteiger partial charge in [-0.25, -0.2) is 0 Å². The van der Waals surface area contributed by atoms with Gasteiger partial charge in [0.05, 0.1) is 11.4 Å². The molecule has 0 saturated heterocycles. The fourth-order valence-electron chi connectivity index (χ4n) is 0.990. The zero-order valence-electron chi connectivity index (χ0n) is 8.27. The summed E-state index contributed by atoms with van der Waals surface area (Å²) in [6.45, 7) is 3.81. The summed E-state index contributed by atoms with van der Waals surface area (Å²) in [4.78, 5) is 1.83. The summed E-state index contributed by atoms with van der Waals surface area (Å²) in [6.07, 6.45) is -4.95. The number of halogens is 3. The smallest absolute Gasteiger partial charge is 0.390 e. The maximum Gasteiger partial charge on any atom is 0.390 e. The van der Waals surface area contributed by atoms with Gasteiger partial charge in [-0.05, 0) is 13.8 Å². The molecule has 0 atom stereocenters. The average molecular weight is 228 g/mol. The summed E-state index contributed by atoms with van der Waals surface area (Å²) in [5.74, 6) is 0. The van der Waals surface area contributed by atoms with Crippen molar-refractivity contribution >= 4 is 17.2 Å². The van der Waals surface area contributed by atoms with Crippen LogP contribution < -0.4 is 5.73 Å². The molecule has 0 spiro atoms. The molecule has 0 aromatic heterocycles. The summed E-state index contributed by atoms with van der Waals surface area (Å²) >= 11 is 4.65. The lowest BCUT2D eigenvalue weighted by molar-refractivity contribution is -0.138. The fraction of sp³-hybridized carbons (Fsp3) is 0.875. The molecule has 0 aromatic carbocycles. The van der Waals surface area contributed by atoms with Gasteiger partial charge in [-0.2, -0.15) is 13.2 Å². The highest BCUT2D eigenvalue weighted by Gasteiger charge is 2.28. The third kappa shape index (κ3) is 7.08. The van der Waals surface area contributed by atoms with Gasteiger partial charge in [-0.15, -0.1) is 0 Å². The van der Waals surface area contributed by atoms with E-state index in [1.54, 1.807) is 4.90 Å². The second-order valence-electron chi connectivity index (χ2n) is 3.40. The molecule has 6 heteroatoms. The Balaban J connectivity index is 4.04. The van der Waals surface area contributed by atoms with E-state index in [1.807, 2.05) is 13.8 Å². The highest BCUT2D eigenvalue weighted by atomic mass is 32.1. The Morgan fingerprint density at radius 2 is 1.93 bits per heavy atom. The van der Waals surface area contributed by atoms with E-state index in [1.165, 1.54) is 0 Å². The lowest BCUT2D eigenvalue weighted by Gasteiger charge is -2.26. The van der Waals surface area contributed by atoms with Crippen LogP contribution in [0.1, 0.15) is 20.3 Å². The quantitative estimate of drug-likeness (QED) is 0.729. The zero-order chi connectivity index (χ0) is 11.4. The lowest BCUT2D eigenvalue weighted by atomic mass is 10.3. The monoisotopic (exact) mass is 228 g/mol. The normalized spacial score (nSPS) is 12.5. The van der Waals surface area contributed by atoms with E-state index in [-0.39, 0.29) is 24.1 Å². The highest BCUT2D eigenvalue weighted by Crippen LogP contribution is 2.20. The molecule has 14 heavy (non-hydrogen) atoms. The summed E-state index contributed by atoms with van der Waals surface area (Å²) in [6, 6.07) is 0.0128. The third-order valence-electron chi connectivity index (χ3n) is 1.77. The lowest BCUT2D eigenvalue weighted by Crippen LogP contribution is -2.39. The predicted molar refractivity (Wildman–Crippen MR) is 54.2 cm³/mol. The maximum absolute atomic E-state index is 11.9. The van der Waals surface area contributed by atoms with Gasteiger partial charge in [-0.3, -0.25) is 4.90 Å². The molecule has 0 aliphatic heterocycles. The van der Waals surface area contributed by atoms with Crippen molar-refractivity contribution in [1.82, 2.24) is 4.90 Å². The summed E-state index contributed by atoms with van der Waals surface area (Å²) in [5.41, 5.74) is 5.28. The Kier molecular flexibility index (Phi) is 5.36. The SMILES string of the molecule is CC(C)N(CCC(F)(F)F)CC(N)=S. The number of alkyl halides is 3. The van der Waals surface area contributed by atoms with Crippen molar-refractivity contribution < 1.29 is 13.2 Å². The van der Waals surface area contributed by atoms with Crippen LogP contribution in [0.2, 0.25) is 0 Å². The van der Waals surface area contributed by atoms with Gasteiger partial charge in [0.1, 0.15) is 0 Å². The number of thiocarbonyl (C=S) groups is 1. The van der Waals surface area contributed by atoms with Crippen molar-refractivity contribution in [3.63, 3.8) is 0 Å². The molecule has 84 valence electrons. The number of nitrogens with two attached hydrogens (primary N) is 1. The Hall–Kier alpha value is -0.360. The Labute approximate surface area is 87.2 Å². The maximum atomic E-state index is 11.9. The van der Waals surface area contributed by atoms with E-state index in [4.69, 9.17) is 5.73 Å². The Bertz CT molecular complexity index is 192. The van der Waals surface area contributed by atoms with Crippen molar-refractivity contribution in [2.24, 2.45) is 5.73 Å². The third-order valence-corrected chi connectivity index (χ3v) is 1.90. The van der Waals surface area contributed by atoms with Gasteiger partial charge in [0.2, 0.25) is 0 Å². The predicted octanol–water partition coefficient (Wildman–Crippen LogP) is 1.94. The van der Waals surface area contributed by atoms with Crippen molar-refractivity contribution in [3.8, 4) is 0 Å². The minimum atomic E-state index is -4.12. The molecule has 0 heterocycles. The molecule has 0 bridgehead atoms. The van der Waals surface area contributed by atoms with Crippen LogP contribution in [0.15, 0.2) is 0 Å². The van der Waals surface area contributed by atoms with Gasteiger partial charge < -0.3 is 5.73 Å². The first kappa shape index (κ1) is 13.6. The molecule has 0 fully saturated rings. The molecule has 0 amide bonds. The van der Waals surface area contributed by atoms with Gasteiger partial charge in [-0.1, -0.05) is 12.2 Å². The van der Waals surface area contributed by atoms with E-state index < -0.39 is 12.6 Å². The second-order valence-corrected chi connectivity index (χ2v) is 3.92. The van der Waals surface area contributed by atoms with Crippen LogP contribution in [-0.2, 0) is 0 Å². The molecular weight excluding hydrogens is 213 g/mol. The topological polar surface area (TPSA) is 29.3 Å². The Morgan fingerprint density at radius 3 is 2.21 bits per heavy atom. The van der Waals surface area contributed by atoms with E-state index in [0.29, 0.717) is 0 Å². The van der Waals surface area contributed by atoms with Gasteiger partial charge in [0, 0.05) is 19.1 Å². The highest BCUT2D eigenvalue weighted by molar-refractivity contribution is 7.80. The molecular formula is C8H15F3N2S. The molecule has 0 rings (SSSR count). The van der Waals surface area contributed by atoms with Crippen LogP contribution in [0.5, 0.6) is 0 Å². The standard InChI is InChI=1S/C8H15F3N2S/c1-6(2)13(5-7(12)14)4-3-8(9,10)11/h6H,3-5H2,1-2H3,(H2,12,14). The van der Waals surface area contributed by atoms with E-state index in [0.717, 1.165) is 0 Å². The van der Waals surface area contributed by atoms with Crippen molar-refractivity contribution in [2.45, 2.75) is 32.5 Å². The van der Waals surface area contributed by atoms with E-state index in [2.05, 4.69) is 12.2 Å². The largest absolute Gasteiger partial charge is 0.392 e. The number of hydrogen-bond donors (Lipinski definition) is 1. The minimum Gasteiger partial charge on any atom is -0.392 e. The summed E-state index contributed by atoms with van der Waals surface area (Å²) < 4.78 is 35.8. The molecule has 0 radical (unpaired) electrons. The van der Waals surface area contributed by atoms with Crippen LogP contribution in [0.4, 0.5) is 13.2 Å². The van der Waals surface area contributed by atoms with Crippen molar-refractivity contribution in [1.29, 1.82) is 0 Å². The van der Waals surface area contributed by atoms with Gasteiger partial charge >= 0.3 is 6.18 Å². The van der Waals surface area contributed by atoms with E-state index >= 15 is 0 Å². The molecule has 2 N–H and O–H groups in total. The second kappa shape index (κ2) is 5.50. The molecule has 0 aliphatic rings. The van der Waals surface area contributed by atoms with Crippen LogP contribution in [0, 0.1) is 0 Å². The minimum absolute atomic E-state index is 0.0128. The molecule has 0 unspecified atom stereocenters. The first-order valence-electron chi connectivity index (χ1n) is 4.31.